The molecule has 2 nitrogen and oxygen atoms in total. The molecule has 1 atom stereocenters. The minimum atomic E-state index is 0.291. The summed E-state index contributed by atoms with van der Waals surface area (Å²) in [6.45, 7) is 8.00. The maximum Gasteiger partial charge on any atom is 0.0513 e. The van der Waals surface area contributed by atoms with Gasteiger partial charge in [-0.25, -0.2) is 0 Å². The molecule has 1 aromatic carbocycles. The van der Waals surface area contributed by atoms with Crippen LogP contribution >= 0.6 is 15.9 Å². The van der Waals surface area contributed by atoms with Crippen molar-refractivity contribution in [3.63, 3.8) is 0 Å². The van der Waals surface area contributed by atoms with Crippen LogP contribution < -0.4 is 10.2 Å². The van der Waals surface area contributed by atoms with Crippen molar-refractivity contribution < 1.29 is 0 Å². The fourth-order valence-electron chi connectivity index (χ4n) is 3.24. The molecule has 1 saturated heterocycles. The quantitative estimate of drug-likeness (QED) is 0.892. The second kappa shape index (κ2) is 5.10. The highest BCUT2D eigenvalue weighted by molar-refractivity contribution is 9.10. The van der Waals surface area contributed by atoms with E-state index in [0.29, 0.717) is 5.54 Å². The van der Waals surface area contributed by atoms with Crippen molar-refractivity contribution in [2.75, 3.05) is 24.5 Å². The SMILES string of the molecule is Cc1ccc(Br)c(N2CCCNC(C)(C3CC3)C2)c1. The smallest absolute Gasteiger partial charge is 0.0513 e. The standard InChI is InChI=1S/C16H23BrN2/c1-12-4-7-14(17)15(10-12)19-9-3-8-18-16(2,11-19)13-5-6-13/h4,7,10,13,18H,3,5-6,8-9,11H2,1-2H3. The molecular formula is C16H23BrN2. The lowest BCUT2D eigenvalue weighted by molar-refractivity contribution is 0.331. The summed E-state index contributed by atoms with van der Waals surface area (Å²) < 4.78 is 1.22. The molecule has 1 saturated carbocycles. The molecule has 2 aliphatic rings. The third-order valence-electron chi connectivity index (χ3n) is 4.57. The van der Waals surface area contributed by atoms with Gasteiger partial charge in [-0.05, 0) is 79.2 Å². The van der Waals surface area contributed by atoms with Gasteiger partial charge in [0.1, 0.15) is 0 Å². The van der Waals surface area contributed by atoms with E-state index in [4.69, 9.17) is 0 Å². The minimum absolute atomic E-state index is 0.291. The monoisotopic (exact) mass is 322 g/mol. The molecule has 3 heteroatoms. The number of halogens is 1. The zero-order chi connectivity index (χ0) is 13.5. The molecule has 1 N–H and O–H groups in total. The van der Waals surface area contributed by atoms with E-state index >= 15 is 0 Å². The lowest BCUT2D eigenvalue weighted by Crippen LogP contribution is -2.51. The Kier molecular flexibility index (Phi) is 3.61. The molecule has 1 aliphatic carbocycles. The zero-order valence-corrected chi connectivity index (χ0v) is 13.5. The highest BCUT2D eigenvalue weighted by Gasteiger charge is 2.43. The van der Waals surface area contributed by atoms with Crippen molar-refractivity contribution >= 4 is 21.6 Å². The molecule has 1 heterocycles. The number of benzene rings is 1. The fourth-order valence-corrected chi connectivity index (χ4v) is 3.74. The first-order valence-electron chi connectivity index (χ1n) is 7.35. The maximum absolute atomic E-state index is 3.80. The first-order chi connectivity index (χ1) is 9.08. The Labute approximate surface area is 124 Å². The van der Waals surface area contributed by atoms with Crippen molar-refractivity contribution in [1.29, 1.82) is 0 Å². The number of aryl methyl sites for hydroxylation is 1. The summed E-state index contributed by atoms with van der Waals surface area (Å²) in [6.07, 6.45) is 4.02. The average Bonchev–Trinajstić information content (AvgIpc) is 3.19. The Morgan fingerprint density at radius 3 is 2.89 bits per heavy atom. The van der Waals surface area contributed by atoms with Crippen LogP contribution in [0.5, 0.6) is 0 Å². The Hall–Kier alpha value is -0.540. The van der Waals surface area contributed by atoms with E-state index in [1.165, 1.54) is 35.0 Å². The van der Waals surface area contributed by atoms with E-state index in [1.54, 1.807) is 0 Å². The van der Waals surface area contributed by atoms with Crippen LogP contribution in [0.3, 0.4) is 0 Å². The first-order valence-corrected chi connectivity index (χ1v) is 8.14. The first kappa shape index (κ1) is 13.4. The predicted molar refractivity (Wildman–Crippen MR) is 84.8 cm³/mol. The summed E-state index contributed by atoms with van der Waals surface area (Å²) in [6, 6.07) is 6.66. The Morgan fingerprint density at radius 1 is 1.37 bits per heavy atom. The number of anilines is 1. The molecule has 104 valence electrons. The van der Waals surface area contributed by atoms with E-state index in [0.717, 1.165) is 25.6 Å². The van der Waals surface area contributed by atoms with Crippen LogP contribution in [0.1, 0.15) is 31.7 Å². The minimum Gasteiger partial charge on any atom is -0.369 e. The molecule has 2 fully saturated rings. The van der Waals surface area contributed by atoms with Crippen LogP contribution in [0.25, 0.3) is 0 Å². The third-order valence-corrected chi connectivity index (χ3v) is 5.24. The average molecular weight is 323 g/mol. The molecule has 3 rings (SSSR count). The van der Waals surface area contributed by atoms with Gasteiger partial charge in [0.25, 0.3) is 0 Å². The summed E-state index contributed by atoms with van der Waals surface area (Å²) in [5, 5.41) is 3.80. The largest absolute Gasteiger partial charge is 0.369 e. The lowest BCUT2D eigenvalue weighted by atomic mass is 9.95. The molecular weight excluding hydrogens is 300 g/mol. The molecule has 0 aromatic heterocycles. The number of rotatable bonds is 2. The van der Waals surface area contributed by atoms with Gasteiger partial charge in [-0.3, -0.25) is 0 Å². The molecule has 0 bridgehead atoms. The fraction of sp³-hybridized carbons (Fsp3) is 0.625. The van der Waals surface area contributed by atoms with Gasteiger partial charge in [0, 0.05) is 23.1 Å². The molecule has 1 aromatic rings. The summed E-state index contributed by atoms with van der Waals surface area (Å²) in [5.74, 6) is 0.872. The second-order valence-corrected chi connectivity index (χ2v) is 7.20. The maximum atomic E-state index is 3.80. The Bertz CT molecular complexity index is 470. The number of nitrogens with one attached hydrogen (secondary N) is 1. The van der Waals surface area contributed by atoms with Crippen molar-refractivity contribution in [2.24, 2.45) is 5.92 Å². The van der Waals surface area contributed by atoms with Crippen molar-refractivity contribution in [3.05, 3.63) is 28.2 Å². The van der Waals surface area contributed by atoms with Crippen LogP contribution in [-0.2, 0) is 0 Å². The van der Waals surface area contributed by atoms with Gasteiger partial charge >= 0.3 is 0 Å². The Balaban J connectivity index is 1.88. The highest BCUT2D eigenvalue weighted by atomic mass is 79.9. The highest BCUT2D eigenvalue weighted by Crippen LogP contribution is 2.41. The van der Waals surface area contributed by atoms with E-state index in [2.05, 4.69) is 58.2 Å². The van der Waals surface area contributed by atoms with Crippen LogP contribution in [0.15, 0.2) is 22.7 Å². The summed E-state index contributed by atoms with van der Waals surface area (Å²) in [5.41, 5.74) is 2.98. The van der Waals surface area contributed by atoms with Crippen molar-refractivity contribution in [1.82, 2.24) is 5.32 Å². The van der Waals surface area contributed by atoms with Gasteiger partial charge in [-0.15, -0.1) is 0 Å². The normalized spacial score (nSPS) is 28.3. The van der Waals surface area contributed by atoms with Gasteiger partial charge in [0.15, 0.2) is 0 Å². The van der Waals surface area contributed by atoms with Gasteiger partial charge in [0.2, 0.25) is 0 Å². The summed E-state index contributed by atoms with van der Waals surface area (Å²) in [4.78, 5) is 2.56. The molecule has 0 amide bonds. The summed E-state index contributed by atoms with van der Waals surface area (Å²) >= 11 is 3.72. The van der Waals surface area contributed by atoms with Gasteiger partial charge in [-0.2, -0.15) is 0 Å². The molecule has 1 aliphatic heterocycles. The van der Waals surface area contributed by atoms with Crippen LogP contribution in [0.2, 0.25) is 0 Å². The third kappa shape index (κ3) is 2.82. The molecule has 0 radical (unpaired) electrons. The Morgan fingerprint density at radius 2 is 2.16 bits per heavy atom. The van der Waals surface area contributed by atoms with E-state index in [9.17, 15) is 0 Å². The van der Waals surface area contributed by atoms with E-state index < -0.39 is 0 Å². The number of nitrogens with zero attached hydrogens (tertiary/aromatic N) is 1. The summed E-state index contributed by atoms with van der Waals surface area (Å²) in [7, 11) is 0. The zero-order valence-electron chi connectivity index (χ0n) is 11.9. The van der Waals surface area contributed by atoms with E-state index in [1.807, 2.05) is 0 Å². The molecule has 0 spiro atoms. The molecule has 19 heavy (non-hydrogen) atoms. The van der Waals surface area contributed by atoms with Crippen molar-refractivity contribution in [2.45, 2.75) is 38.6 Å². The van der Waals surface area contributed by atoms with Crippen LogP contribution in [-0.4, -0.2) is 25.2 Å². The van der Waals surface area contributed by atoms with Crippen LogP contribution in [0.4, 0.5) is 5.69 Å². The van der Waals surface area contributed by atoms with Gasteiger partial charge in [-0.1, -0.05) is 6.07 Å². The second-order valence-electron chi connectivity index (χ2n) is 6.35. The van der Waals surface area contributed by atoms with E-state index in [-0.39, 0.29) is 0 Å². The number of hydrogen-bond donors (Lipinski definition) is 1. The molecule has 1 unspecified atom stereocenters. The topological polar surface area (TPSA) is 15.3 Å². The predicted octanol–water partition coefficient (Wildman–Crippen LogP) is 3.73. The van der Waals surface area contributed by atoms with Gasteiger partial charge < -0.3 is 10.2 Å². The number of hydrogen-bond acceptors (Lipinski definition) is 2. The van der Waals surface area contributed by atoms with Gasteiger partial charge in [0.05, 0.1) is 5.69 Å². The lowest BCUT2D eigenvalue weighted by Gasteiger charge is -2.35. The van der Waals surface area contributed by atoms with Crippen LogP contribution in [0, 0.1) is 12.8 Å². The van der Waals surface area contributed by atoms with Crippen molar-refractivity contribution in [3.8, 4) is 0 Å².